The Kier molecular flexibility index (Phi) is 13.8. The number of hydrogen-bond donors (Lipinski definition) is 2. The summed E-state index contributed by atoms with van der Waals surface area (Å²) in [7, 11) is 3.94. The molecule has 13 nitrogen and oxygen atoms in total. The highest BCUT2D eigenvalue weighted by molar-refractivity contribution is 6.33. The van der Waals surface area contributed by atoms with E-state index in [0.29, 0.717) is 71.3 Å². The van der Waals surface area contributed by atoms with Gasteiger partial charge in [-0.15, -0.1) is 0 Å². The fourth-order valence-corrected chi connectivity index (χ4v) is 8.59. The van der Waals surface area contributed by atoms with Gasteiger partial charge >= 0.3 is 24.3 Å². The van der Waals surface area contributed by atoms with Crippen molar-refractivity contribution in [3.8, 4) is 0 Å². The number of halogens is 4. The van der Waals surface area contributed by atoms with E-state index in [-0.39, 0.29) is 60.1 Å². The van der Waals surface area contributed by atoms with Crippen molar-refractivity contribution in [2.24, 2.45) is 5.92 Å². The number of fused-ring (bicyclic) bond motifs is 1. The van der Waals surface area contributed by atoms with Crippen LogP contribution in [0.3, 0.4) is 0 Å². The fourth-order valence-electron chi connectivity index (χ4n) is 8.35. The molecule has 4 aliphatic rings. The number of ether oxygens (including phenoxy) is 2. The van der Waals surface area contributed by atoms with Crippen molar-refractivity contribution in [1.29, 1.82) is 0 Å². The molecule has 0 aliphatic carbocycles. The van der Waals surface area contributed by atoms with Gasteiger partial charge in [0.05, 0.1) is 28.8 Å². The zero-order valence-corrected chi connectivity index (χ0v) is 33.3. The third-order valence-corrected chi connectivity index (χ3v) is 11.9. The number of urea groups is 1. The number of para-hydroxylation sites is 1. The van der Waals surface area contributed by atoms with Gasteiger partial charge in [0.25, 0.3) is 5.91 Å². The predicted octanol–water partition coefficient (Wildman–Crippen LogP) is 5.35. The monoisotopic (exact) mass is 819 g/mol. The molecule has 0 saturated carbocycles. The summed E-state index contributed by atoms with van der Waals surface area (Å²) >= 11 is 6.14. The van der Waals surface area contributed by atoms with E-state index >= 15 is 0 Å². The molecule has 0 bridgehead atoms. The van der Waals surface area contributed by atoms with Gasteiger partial charge in [-0.2, -0.15) is 13.2 Å². The first kappa shape index (κ1) is 42.3. The molecule has 2 aromatic carbocycles. The molecule has 312 valence electrons. The first-order valence-corrected chi connectivity index (χ1v) is 20.2. The zero-order chi connectivity index (χ0) is 40.9. The molecule has 17 heteroatoms. The number of nitrogens with zero attached hydrogens (tertiary/aromatic N) is 5. The van der Waals surface area contributed by atoms with Gasteiger partial charge < -0.3 is 40.1 Å². The molecule has 3 N–H and O–H groups in total. The van der Waals surface area contributed by atoms with Crippen LogP contribution in [0.25, 0.3) is 0 Å². The van der Waals surface area contributed by atoms with Crippen LogP contribution in [0.5, 0.6) is 0 Å². The van der Waals surface area contributed by atoms with Crippen LogP contribution in [0.4, 0.5) is 34.1 Å². The maximum absolute atomic E-state index is 14.1. The van der Waals surface area contributed by atoms with E-state index in [1.165, 1.54) is 11.0 Å². The van der Waals surface area contributed by atoms with Crippen molar-refractivity contribution in [3.05, 3.63) is 58.1 Å². The van der Waals surface area contributed by atoms with Gasteiger partial charge in [-0.3, -0.25) is 14.5 Å². The SMILES string of the molecule is CN(C)CCCOC(=O)[C@H]1CCN(C2CCN(C(=O)[C@@H](Cc3cc(Cl)c(N)c(C(F)(F)F)c3)OC(=O)N3CCC(N4CCc5ccccc5NC4=O)CC3)CC2)C1. The number of carbonyl (C=O) groups is 4. The third-order valence-electron chi connectivity index (χ3n) is 11.6. The fraction of sp³-hybridized carbons (Fsp3) is 0.600. The van der Waals surface area contributed by atoms with Crippen molar-refractivity contribution in [3.63, 3.8) is 0 Å². The number of nitrogen functional groups attached to an aromatic ring is 1. The number of benzene rings is 2. The lowest BCUT2D eigenvalue weighted by atomic mass is 10.00. The lowest BCUT2D eigenvalue weighted by Crippen LogP contribution is -2.52. The van der Waals surface area contributed by atoms with E-state index in [2.05, 4.69) is 10.2 Å². The van der Waals surface area contributed by atoms with Crippen LogP contribution in [0, 0.1) is 5.92 Å². The quantitative estimate of drug-likeness (QED) is 0.175. The molecule has 4 heterocycles. The molecule has 0 radical (unpaired) electrons. The van der Waals surface area contributed by atoms with Crippen LogP contribution in [0.15, 0.2) is 36.4 Å². The highest BCUT2D eigenvalue weighted by atomic mass is 35.5. The van der Waals surface area contributed by atoms with Crippen molar-refractivity contribution >= 4 is 47.0 Å². The van der Waals surface area contributed by atoms with E-state index < -0.39 is 35.5 Å². The number of piperidine rings is 2. The van der Waals surface area contributed by atoms with E-state index in [1.54, 1.807) is 9.80 Å². The normalized spacial score (nSPS) is 20.6. The van der Waals surface area contributed by atoms with Crippen LogP contribution in [-0.4, -0.2) is 140 Å². The molecule has 0 aromatic heterocycles. The summed E-state index contributed by atoms with van der Waals surface area (Å²) in [6, 6.07) is 9.57. The minimum atomic E-state index is -4.80. The van der Waals surface area contributed by atoms with Gasteiger partial charge in [-0.25, -0.2) is 9.59 Å². The van der Waals surface area contributed by atoms with E-state index in [0.717, 1.165) is 36.8 Å². The summed E-state index contributed by atoms with van der Waals surface area (Å²) in [6.45, 7) is 4.27. The summed E-state index contributed by atoms with van der Waals surface area (Å²) in [5.41, 5.74) is 5.80. The van der Waals surface area contributed by atoms with Gasteiger partial charge in [0.1, 0.15) is 0 Å². The Morgan fingerprint density at radius 3 is 2.35 bits per heavy atom. The van der Waals surface area contributed by atoms with E-state index in [1.807, 2.05) is 43.3 Å². The predicted molar refractivity (Wildman–Crippen MR) is 209 cm³/mol. The number of esters is 1. The summed E-state index contributed by atoms with van der Waals surface area (Å²) in [6.07, 6.45) is -2.97. The summed E-state index contributed by atoms with van der Waals surface area (Å²) in [5.74, 6) is -0.905. The maximum Gasteiger partial charge on any atom is 0.418 e. The number of carbonyl (C=O) groups excluding carboxylic acids is 4. The topological polar surface area (TPSA) is 141 Å². The molecule has 57 heavy (non-hydrogen) atoms. The zero-order valence-electron chi connectivity index (χ0n) is 32.6. The lowest BCUT2D eigenvalue weighted by molar-refractivity contribution is -0.148. The molecular weight excluding hydrogens is 767 g/mol. The van der Waals surface area contributed by atoms with E-state index in [4.69, 9.17) is 26.8 Å². The Morgan fingerprint density at radius 2 is 1.65 bits per heavy atom. The van der Waals surface area contributed by atoms with Gasteiger partial charge in [-0.1, -0.05) is 29.8 Å². The molecule has 4 amide bonds. The minimum Gasteiger partial charge on any atom is -0.465 e. The number of nitrogens with one attached hydrogen (secondary N) is 1. The number of alkyl halides is 3. The Bertz CT molecular complexity index is 1770. The van der Waals surface area contributed by atoms with Crippen LogP contribution < -0.4 is 11.1 Å². The van der Waals surface area contributed by atoms with E-state index in [9.17, 15) is 32.3 Å². The number of hydrogen-bond acceptors (Lipinski definition) is 9. The molecule has 2 atom stereocenters. The number of rotatable bonds is 11. The van der Waals surface area contributed by atoms with Crippen molar-refractivity contribution in [1.82, 2.24) is 24.5 Å². The molecule has 6 rings (SSSR count). The summed E-state index contributed by atoms with van der Waals surface area (Å²) < 4.78 is 53.1. The van der Waals surface area contributed by atoms with Crippen LogP contribution in [0.1, 0.15) is 55.2 Å². The molecule has 0 unspecified atom stereocenters. The second kappa shape index (κ2) is 18.5. The van der Waals surface area contributed by atoms with Crippen molar-refractivity contribution in [2.75, 3.05) is 84.1 Å². The summed E-state index contributed by atoms with van der Waals surface area (Å²) in [4.78, 5) is 62.8. The number of nitrogens with two attached hydrogens (primary N) is 1. The van der Waals surface area contributed by atoms with Gasteiger partial charge in [-0.05, 0) is 94.9 Å². The van der Waals surface area contributed by atoms with Gasteiger partial charge in [0, 0.05) is 70.0 Å². The van der Waals surface area contributed by atoms with Gasteiger partial charge in [0.2, 0.25) is 0 Å². The first-order valence-electron chi connectivity index (χ1n) is 19.8. The lowest BCUT2D eigenvalue weighted by Gasteiger charge is -2.39. The second-order valence-corrected chi connectivity index (χ2v) is 16.1. The average Bonchev–Trinajstić information content (AvgIpc) is 3.62. The molecule has 2 aromatic rings. The molecule has 3 saturated heterocycles. The van der Waals surface area contributed by atoms with Crippen LogP contribution in [-0.2, 0) is 38.1 Å². The van der Waals surface area contributed by atoms with Crippen LogP contribution >= 0.6 is 11.6 Å². The second-order valence-electron chi connectivity index (χ2n) is 15.7. The average molecular weight is 820 g/mol. The van der Waals surface area contributed by atoms with Gasteiger partial charge in [0.15, 0.2) is 6.10 Å². The summed E-state index contributed by atoms with van der Waals surface area (Å²) in [5, 5.41) is 2.67. The highest BCUT2D eigenvalue weighted by Crippen LogP contribution is 2.38. The van der Waals surface area contributed by atoms with Crippen LogP contribution in [0.2, 0.25) is 5.02 Å². The number of anilines is 2. The highest BCUT2D eigenvalue weighted by Gasteiger charge is 2.40. The smallest absolute Gasteiger partial charge is 0.418 e. The molecule has 4 aliphatic heterocycles. The largest absolute Gasteiger partial charge is 0.465 e. The van der Waals surface area contributed by atoms with Crippen molar-refractivity contribution in [2.45, 2.75) is 75.7 Å². The standard InChI is InChI=1S/C40H53ClF3N7O6/c1-47(2)14-5-21-56-37(53)28-8-15-50(25-28)29-10-16-48(17-11-29)36(52)34(24-26-22-31(40(42,43)44)35(45)32(41)23-26)57-39(55)49-18-12-30(13-19-49)51-20-9-27-6-3-4-7-33(27)46-38(51)54/h3-4,6-7,22-23,28-30,34H,5,8-21,24-25,45H2,1-2H3,(H,46,54)/t28-,34+/m0/s1. The Labute approximate surface area is 336 Å². The maximum atomic E-state index is 14.1. The number of likely N-dealkylation sites (tertiary alicyclic amines) is 3. The Hall–Kier alpha value is -4.28. The Morgan fingerprint density at radius 1 is 0.965 bits per heavy atom. The van der Waals surface area contributed by atoms with Crippen molar-refractivity contribution < 1.29 is 41.8 Å². The third kappa shape index (κ3) is 10.6. The Balaban J connectivity index is 1.07. The first-order chi connectivity index (χ1) is 27.2. The molecule has 3 fully saturated rings. The minimum absolute atomic E-state index is 0.0474. The molecule has 0 spiro atoms. The molecular formula is C40H53ClF3N7O6. The number of amides is 4.